The molecule has 7 heteroatoms. The fourth-order valence-electron chi connectivity index (χ4n) is 3.72. The number of benzene rings is 2. The molecule has 0 unspecified atom stereocenters. The van der Waals surface area contributed by atoms with Crippen LogP contribution in [-0.2, 0) is 17.8 Å². The summed E-state index contributed by atoms with van der Waals surface area (Å²) in [6.45, 7) is 0.808. The largest absolute Gasteiger partial charge is 0.433 e. The van der Waals surface area contributed by atoms with Gasteiger partial charge in [-0.15, -0.1) is 0 Å². The number of nitrogens with zero attached hydrogens (tertiary/aromatic N) is 1. The lowest BCUT2D eigenvalue weighted by Gasteiger charge is -2.18. The van der Waals surface area contributed by atoms with Gasteiger partial charge in [0.25, 0.3) is 0 Å². The summed E-state index contributed by atoms with van der Waals surface area (Å²) >= 11 is 0. The number of nitrogens with two attached hydrogens (primary N) is 1. The van der Waals surface area contributed by atoms with Crippen molar-refractivity contribution in [3.05, 3.63) is 71.5 Å². The van der Waals surface area contributed by atoms with Crippen LogP contribution in [0, 0.1) is 0 Å². The zero-order chi connectivity index (χ0) is 18.1. The zero-order valence-corrected chi connectivity index (χ0v) is 15.9. The number of aromatic nitrogens is 1. The van der Waals surface area contributed by atoms with Crippen LogP contribution in [0.3, 0.4) is 0 Å². The third kappa shape index (κ3) is 3.77. The molecule has 0 radical (unpaired) electrons. The Balaban J connectivity index is 0.00000210. The number of fused-ring (bicyclic) bond motifs is 2. The van der Waals surface area contributed by atoms with E-state index in [0.29, 0.717) is 13.0 Å². The van der Waals surface area contributed by atoms with E-state index in [4.69, 9.17) is 5.73 Å². The fourth-order valence-corrected chi connectivity index (χ4v) is 3.72. The molecule has 2 heterocycles. The Kier molecular flexibility index (Phi) is 5.96. The number of Topliss-reactive ketones (excluding diaryl/α,β-unsaturated/α-hetero) is 1. The van der Waals surface area contributed by atoms with Crippen molar-refractivity contribution in [1.29, 1.82) is 0 Å². The van der Waals surface area contributed by atoms with E-state index in [1.54, 1.807) is 6.20 Å². The van der Waals surface area contributed by atoms with Crippen LogP contribution in [0.5, 0.6) is 0 Å². The van der Waals surface area contributed by atoms with Gasteiger partial charge in [0.05, 0.1) is 5.92 Å². The molecule has 5 nitrogen and oxygen atoms in total. The summed E-state index contributed by atoms with van der Waals surface area (Å²) in [5.41, 5.74) is 9.69. The number of rotatable bonds is 5. The highest BCUT2D eigenvalue weighted by Crippen LogP contribution is 2.24. The number of nitrogens with one attached hydrogen (secondary N) is 1. The number of ketones is 1. The lowest BCUT2D eigenvalue weighted by Crippen LogP contribution is -2.37. The summed E-state index contributed by atoms with van der Waals surface area (Å²) in [5, 5.41) is 15.1. The minimum absolute atomic E-state index is 0. The minimum atomic E-state index is -0.674. The molecule has 0 bridgehead atoms. The van der Waals surface area contributed by atoms with Crippen LogP contribution in [0.15, 0.2) is 54.9 Å². The van der Waals surface area contributed by atoms with E-state index in [0.717, 1.165) is 32.9 Å². The van der Waals surface area contributed by atoms with Crippen LogP contribution in [-0.4, -0.2) is 29.4 Å². The molecule has 0 saturated heterocycles. The predicted molar refractivity (Wildman–Crippen MR) is 114 cm³/mol. The van der Waals surface area contributed by atoms with Crippen molar-refractivity contribution in [3.63, 3.8) is 0 Å². The Morgan fingerprint density at radius 3 is 2.93 bits per heavy atom. The molecule has 4 rings (SSSR count). The van der Waals surface area contributed by atoms with Crippen LogP contribution in [0.1, 0.15) is 22.6 Å². The number of carbonyl (C=O) groups excluding carboxylic acids is 1. The smallest absolute Gasteiger partial charge is 0.413 e. The number of carbonyl (C=O) groups is 1. The summed E-state index contributed by atoms with van der Waals surface area (Å²) in [4.78, 5) is 17.1. The third-order valence-corrected chi connectivity index (χ3v) is 5.10. The highest BCUT2D eigenvalue weighted by Gasteiger charge is 2.30. The van der Waals surface area contributed by atoms with Gasteiger partial charge in [-0.2, -0.15) is 13.5 Å². The molecule has 1 aliphatic heterocycles. The lowest BCUT2D eigenvalue weighted by molar-refractivity contribution is -0.119. The first-order valence-electron chi connectivity index (χ1n) is 8.76. The first kappa shape index (κ1) is 19.6. The molecular formula is C20H22BN3O2S. The monoisotopic (exact) mass is 379 g/mol. The van der Waals surface area contributed by atoms with Crippen molar-refractivity contribution >= 4 is 42.6 Å². The van der Waals surface area contributed by atoms with Crippen LogP contribution in [0.4, 0.5) is 0 Å². The molecule has 1 aliphatic rings. The number of pyridine rings is 1. The Morgan fingerprint density at radius 2 is 2.11 bits per heavy atom. The average molecular weight is 379 g/mol. The normalized spacial score (nSPS) is 13.9. The quantitative estimate of drug-likeness (QED) is 0.576. The summed E-state index contributed by atoms with van der Waals surface area (Å²) in [6, 6.07) is 13.6. The summed E-state index contributed by atoms with van der Waals surface area (Å²) in [5.74, 6) is -0.277. The lowest BCUT2D eigenvalue weighted by atomic mass is 9.74. The molecule has 0 aliphatic carbocycles. The van der Waals surface area contributed by atoms with Crippen LogP contribution < -0.4 is 16.4 Å². The van der Waals surface area contributed by atoms with Crippen LogP contribution in [0.2, 0.25) is 0 Å². The summed E-state index contributed by atoms with van der Waals surface area (Å²) < 4.78 is 0. The average Bonchev–Trinajstić information content (AvgIpc) is 3.04. The molecular weight excluding hydrogens is 357 g/mol. The van der Waals surface area contributed by atoms with Crippen LogP contribution >= 0.6 is 13.5 Å². The number of hydrogen-bond acceptors (Lipinski definition) is 5. The molecule has 1 aromatic heterocycles. The first-order chi connectivity index (χ1) is 12.7. The van der Waals surface area contributed by atoms with Crippen molar-refractivity contribution in [2.24, 2.45) is 5.73 Å². The van der Waals surface area contributed by atoms with Crippen molar-refractivity contribution in [1.82, 2.24) is 10.2 Å². The van der Waals surface area contributed by atoms with Gasteiger partial charge in [-0.3, -0.25) is 9.78 Å². The SMILES string of the molecule is NC[C@@H](C(=O)Cc1ccc2cnccc2c1)c1cccc2c1CNB2O.S. The van der Waals surface area contributed by atoms with Gasteiger partial charge in [0.1, 0.15) is 5.78 Å². The van der Waals surface area contributed by atoms with Crippen molar-refractivity contribution in [2.75, 3.05) is 6.54 Å². The topological polar surface area (TPSA) is 88.2 Å². The molecule has 0 spiro atoms. The summed E-state index contributed by atoms with van der Waals surface area (Å²) in [6.07, 6.45) is 3.90. The third-order valence-electron chi connectivity index (χ3n) is 5.10. The summed E-state index contributed by atoms with van der Waals surface area (Å²) in [7, 11) is -0.674. The van der Waals surface area contributed by atoms with E-state index in [1.165, 1.54) is 0 Å². The van der Waals surface area contributed by atoms with E-state index in [2.05, 4.69) is 10.2 Å². The van der Waals surface area contributed by atoms with Gasteiger partial charge in [-0.1, -0.05) is 36.4 Å². The Morgan fingerprint density at radius 1 is 1.26 bits per heavy atom. The van der Waals surface area contributed by atoms with Gasteiger partial charge in [0.15, 0.2) is 0 Å². The van der Waals surface area contributed by atoms with Gasteiger partial charge in [0.2, 0.25) is 0 Å². The molecule has 0 saturated carbocycles. The molecule has 138 valence electrons. The van der Waals surface area contributed by atoms with Crippen molar-refractivity contribution < 1.29 is 9.82 Å². The maximum Gasteiger partial charge on any atom is 0.413 e. The second kappa shape index (κ2) is 8.23. The zero-order valence-electron chi connectivity index (χ0n) is 14.9. The maximum absolute atomic E-state index is 13.0. The van der Waals surface area contributed by atoms with E-state index in [1.807, 2.05) is 48.7 Å². The Labute approximate surface area is 165 Å². The molecule has 1 atom stereocenters. The fraction of sp³-hybridized carbons (Fsp3) is 0.200. The van der Waals surface area contributed by atoms with E-state index >= 15 is 0 Å². The van der Waals surface area contributed by atoms with Crippen molar-refractivity contribution in [2.45, 2.75) is 18.9 Å². The Bertz CT molecular complexity index is 982. The second-order valence-electron chi connectivity index (χ2n) is 6.69. The molecule has 4 N–H and O–H groups in total. The van der Waals surface area contributed by atoms with Gasteiger partial charge in [0, 0.05) is 37.3 Å². The highest BCUT2D eigenvalue weighted by molar-refractivity contribution is 7.59. The maximum atomic E-state index is 13.0. The minimum Gasteiger partial charge on any atom is -0.433 e. The molecule has 27 heavy (non-hydrogen) atoms. The van der Waals surface area contributed by atoms with Gasteiger partial charge >= 0.3 is 7.05 Å². The van der Waals surface area contributed by atoms with E-state index < -0.39 is 7.05 Å². The van der Waals surface area contributed by atoms with Crippen molar-refractivity contribution in [3.8, 4) is 0 Å². The van der Waals surface area contributed by atoms with Crippen LogP contribution in [0.25, 0.3) is 10.8 Å². The highest BCUT2D eigenvalue weighted by atomic mass is 32.1. The first-order valence-corrected chi connectivity index (χ1v) is 8.76. The molecule has 0 fully saturated rings. The molecule has 0 amide bonds. The molecule has 2 aromatic carbocycles. The predicted octanol–water partition coefficient (Wildman–Crippen LogP) is 0.992. The molecule has 3 aromatic rings. The van der Waals surface area contributed by atoms with E-state index in [-0.39, 0.29) is 31.7 Å². The van der Waals surface area contributed by atoms with Gasteiger partial charge in [-0.05, 0) is 33.6 Å². The van der Waals surface area contributed by atoms with E-state index in [9.17, 15) is 9.82 Å². The number of hydrogen-bond donors (Lipinski definition) is 3. The second-order valence-corrected chi connectivity index (χ2v) is 6.69. The van der Waals surface area contributed by atoms with Gasteiger partial charge < -0.3 is 16.0 Å². The Hall–Kier alpha value is -2.19. The van der Waals surface area contributed by atoms with Gasteiger partial charge in [-0.25, -0.2) is 0 Å². The standard InChI is InChI=1S/C20H20BN3O2.H2S/c22-10-17(16-2-1-3-19-18(16)12-24-21(19)26)20(25)9-13-4-5-15-11-23-7-6-14(15)8-13;/h1-8,11,17,24,26H,9-10,12,22H2;1H2/t17-;/m1./s1.